The van der Waals surface area contributed by atoms with Gasteiger partial charge in [0.25, 0.3) is 0 Å². The zero-order chi connectivity index (χ0) is 26.2. The Balaban J connectivity index is 1.44. The third-order valence-electron chi connectivity index (χ3n) is 9.43. The van der Waals surface area contributed by atoms with Gasteiger partial charge in [-0.1, -0.05) is 24.3 Å². The fraction of sp³-hybridized carbons (Fsp3) is 0.364. The quantitative estimate of drug-likeness (QED) is 0.225. The smallest absolute Gasteiger partial charge is 0.162 e. The SMILES string of the molecule is c1ccc2c(c1)-c1cc3[nH]c(nc4nc(nc5[nH]c(nc-2n1)c1c5CCCC1)C1=C4CCCC1)c1c3CCCC1. The molecule has 9 rings (SSSR count). The van der Waals surface area contributed by atoms with Gasteiger partial charge in [0.05, 0.1) is 5.69 Å². The number of nitrogens with zero attached hydrogens (tertiary/aromatic N) is 5. The van der Waals surface area contributed by atoms with Gasteiger partial charge in [-0.25, -0.2) is 24.9 Å². The van der Waals surface area contributed by atoms with E-state index in [0.717, 1.165) is 95.3 Å². The second-order valence-corrected chi connectivity index (χ2v) is 11.8. The summed E-state index contributed by atoms with van der Waals surface area (Å²) < 4.78 is 0. The summed E-state index contributed by atoms with van der Waals surface area (Å²) in [7, 11) is 0. The molecule has 0 unspecified atom stereocenters. The molecular weight excluding hydrogens is 494 g/mol. The summed E-state index contributed by atoms with van der Waals surface area (Å²) >= 11 is 0. The molecule has 2 aliphatic heterocycles. The Hall–Kier alpha value is -4.13. The van der Waals surface area contributed by atoms with E-state index >= 15 is 0 Å². The molecule has 8 bridgehead atoms. The topological polar surface area (TPSA) is 96.0 Å². The van der Waals surface area contributed by atoms with Crippen LogP contribution in [0.25, 0.3) is 56.2 Å². The van der Waals surface area contributed by atoms with Crippen LogP contribution in [0, 0.1) is 0 Å². The number of fused-ring (bicyclic) bond motifs is 19. The molecule has 0 saturated carbocycles. The van der Waals surface area contributed by atoms with Crippen LogP contribution in [0.3, 0.4) is 0 Å². The molecular formula is C33H31N7. The van der Waals surface area contributed by atoms with Crippen molar-refractivity contribution >= 4 is 33.6 Å². The van der Waals surface area contributed by atoms with Crippen molar-refractivity contribution in [1.82, 2.24) is 34.9 Å². The van der Waals surface area contributed by atoms with Gasteiger partial charge in [-0.05, 0) is 88.7 Å². The molecule has 0 atom stereocenters. The van der Waals surface area contributed by atoms with Crippen molar-refractivity contribution in [3.05, 3.63) is 64.2 Å². The summed E-state index contributed by atoms with van der Waals surface area (Å²) in [6.07, 6.45) is 13.3. The molecule has 1 aromatic carbocycles. The largest absolute Gasteiger partial charge is 0.340 e. The first-order valence-electron chi connectivity index (χ1n) is 15.0. The van der Waals surface area contributed by atoms with E-state index in [9.17, 15) is 0 Å². The predicted molar refractivity (Wildman–Crippen MR) is 157 cm³/mol. The normalized spacial score (nSPS) is 17.7. The number of hydrogen-bond donors (Lipinski definition) is 2. The highest BCUT2D eigenvalue weighted by atomic mass is 15.0. The molecule has 0 spiro atoms. The Morgan fingerprint density at radius 2 is 1.00 bits per heavy atom. The monoisotopic (exact) mass is 525 g/mol. The summed E-state index contributed by atoms with van der Waals surface area (Å²) in [6.45, 7) is 0. The molecule has 5 heterocycles. The predicted octanol–water partition coefficient (Wildman–Crippen LogP) is 7.08. The van der Waals surface area contributed by atoms with Crippen LogP contribution in [-0.4, -0.2) is 34.9 Å². The maximum absolute atomic E-state index is 5.25. The highest BCUT2D eigenvalue weighted by Crippen LogP contribution is 2.40. The minimum atomic E-state index is 0.770. The molecule has 4 aromatic rings. The third-order valence-corrected chi connectivity index (χ3v) is 9.43. The summed E-state index contributed by atoms with van der Waals surface area (Å²) in [4.78, 5) is 33.3. The van der Waals surface area contributed by atoms with Crippen LogP contribution in [0.15, 0.2) is 30.3 Å². The molecule has 3 aliphatic carbocycles. The van der Waals surface area contributed by atoms with Gasteiger partial charge in [0.1, 0.15) is 16.9 Å². The molecule has 2 N–H and O–H groups in total. The average molecular weight is 526 g/mol. The van der Waals surface area contributed by atoms with E-state index in [1.165, 1.54) is 71.9 Å². The van der Waals surface area contributed by atoms with Crippen molar-refractivity contribution in [2.45, 2.75) is 77.0 Å². The molecule has 0 fully saturated rings. The number of H-pyrrole nitrogens is 2. The first-order chi connectivity index (χ1) is 19.8. The number of aromatic nitrogens is 7. The van der Waals surface area contributed by atoms with E-state index in [-0.39, 0.29) is 0 Å². The number of allylic oxidation sites excluding steroid dienone is 2. The van der Waals surface area contributed by atoms with Crippen LogP contribution >= 0.6 is 0 Å². The van der Waals surface area contributed by atoms with Crippen LogP contribution in [0.2, 0.25) is 0 Å². The minimum absolute atomic E-state index is 0.770. The highest BCUT2D eigenvalue weighted by molar-refractivity contribution is 5.91. The first kappa shape index (κ1) is 22.7. The van der Waals surface area contributed by atoms with Gasteiger partial charge in [0, 0.05) is 44.5 Å². The Morgan fingerprint density at radius 3 is 1.68 bits per heavy atom. The van der Waals surface area contributed by atoms with Crippen LogP contribution in [0.4, 0.5) is 0 Å². The van der Waals surface area contributed by atoms with Gasteiger partial charge in [-0.3, -0.25) is 0 Å². The fourth-order valence-corrected chi connectivity index (χ4v) is 7.45. The number of hydrogen-bond acceptors (Lipinski definition) is 5. The van der Waals surface area contributed by atoms with E-state index in [4.69, 9.17) is 24.9 Å². The van der Waals surface area contributed by atoms with Crippen molar-refractivity contribution in [2.24, 2.45) is 0 Å². The number of nitrogens with one attached hydrogen (secondary N) is 2. The van der Waals surface area contributed by atoms with Gasteiger partial charge in [0.2, 0.25) is 0 Å². The molecule has 0 saturated heterocycles. The molecule has 40 heavy (non-hydrogen) atoms. The zero-order valence-corrected chi connectivity index (χ0v) is 22.6. The lowest BCUT2D eigenvalue weighted by Gasteiger charge is -2.13. The highest BCUT2D eigenvalue weighted by Gasteiger charge is 2.27. The standard InChI is InChI=1S/C33H31N7/c1-3-11-20-18(9-1)26-17-27-19-10-2-4-12-21(19)29(35-27)37-31-23-14-6-8-16-25(23)33(39-31)40-32-24-15-7-5-13-22(24)30(38-32)36-28(20)34-26/h1,3,9,11,17H,2,4-8,10,12-16H2,(H2,34,35,36,37,38,39,40). The van der Waals surface area contributed by atoms with Crippen molar-refractivity contribution in [3.63, 3.8) is 0 Å². The molecule has 198 valence electrons. The second kappa shape index (κ2) is 8.68. The number of aryl methyl sites for hydroxylation is 4. The van der Waals surface area contributed by atoms with Crippen LogP contribution in [0.5, 0.6) is 0 Å². The van der Waals surface area contributed by atoms with Crippen molar-refractivity contribution in [1.29, 1.82) is 0 Å². The van der Waals surface area contributed by atoms with Gasteiger partial charge in [-0.15, -0.1) is 0 Å². The summed E-state index contributed by atoms with van der Waals surface area (Å²) in [6, 6.07) is 10.7. The average Bonchev–Trinajstić information content (AvgIpc) is 3.73. The van der Waals surface area contributed by atoms with Gasteiger partial charge < -0.3 is 9.97 Å². The molecule has 0 radical (unpaired) electrons. The van der Waals surface area contributed by atoms with E-state index in [0.29, 0.717) is 0 Å². The minimum Gasteiger partial charge on any atom is -0.340 e. The van der Waals surface area contributed by atoms with Crippen molar-refractivity contribution in [2.75, 3.05) is 0 Å². The molecule has 3 aromatic heterocycles. The third kappa shape index (κ3) is 3.39. The van der Waals surface area contributed by atoms with E-state index in [1.54, 1.807) is 0 Å². The molecule has 5 aliphatic rings. The van der Waals surface area contributed by atoms with Crippen molar-refractivity contribution in [3.8, 4) is 22.6 Å². The maximum Gasteiger partial charge on any atom is 0.162 e. The number of rotatable bonds is 0. The van der Waals surface area contributed by atoms with Crippen LogP contribution in [0.1, 0.15) is 85.3 Å². The Kier molecular flexibility index (Phi) is 4.92. The van der Waals surface area contributed by atoms with Gasteiger partial charge in [0.15, 0.2) is 17.5 Å². The summed E-state index contributed by atoms with van der Waals surface area (Å²) in [5, 5.41) is 0. The Labute approximate surface area is 232 Å². The summed E-state index contributed by atoms with van der Waals surface area (Å²) in [5.74, 6) is 2.46. The Bertz CT molecular complexity index is 1790. The number of aromatic amines is 2. The molecule has 7 heteroatoms. The second-order valence-electron chi connectivity index (χ2n) is 11.8. The zero-order valence-electron chi connectivity index (χ0n) is 22.6. The van der Waals surface area contributed by atoms with Crippen LogP contribution < -0.4 is 0 Å². The Morgan fingerprint density at radius 1 is 0.475 bits per heavy atom. The van der Waals surface area contributed by atoms with E-state index < -0.39 is 0 Å². The van der Waals surface area contributed by atoms with E-state index in [2.05, 4.69) is 40.3 Å². The maximum atomic E-state index is 5.25. The number of benzene rings is 1. The lowest BCUT2D eigenvalue weighted by Crippen LogP contribution is -2.01. The van der Waals surface area contributed by atoms with Crippen LogP contribution in [-0.2, 0) is 25.7 Å². The molecule has 7 nitrogen and oxygen atoms in total. The summed E-state index contributed by atoms with van der Waals surface area (Å²) in [5.41, 5.74) is 15.0. The van der Waals surface area contributed by atoms with Crippen molar-refractivity contribution < 1.29 is 0 Å². The first-order valence-corrected chi connectivity index (χ1v) is 15.0. The lowest BCUT2D eigenvalue weighted by atomic mass is 9.92. The fourth-order valence-electron chi connectivity index (χ4n) is 7.45. The van der Waals surface area contributed by atoms with E-state index in [1.807, 2.05) is 0 Å². The molecule has 0 amide bonds. The van der Waals surface area contributed by atoms with Gasteiger partial charge >= 0.3 is 0 Å². The van der Waals surface area contributed by atoms with Gasteiger partial charge in [-0.2, -0.15) is 0 Å². The lowest BCUT2D eigenvalue weighted by molar-refractivity contribution is 0.694.